The highest BCUT2D eigenvalue weighted by Gasteiger charge is 2.36. The fourth-order valence-electron chi connectivity index (χ4n) is 4.88. The van der Waals surface area contributed by atoms with Crippen molar-refractivity contribution >= 4 is 17.3 Å². The molecule has 1 amide bonds. The van der Waals surface area contributed by atoms with Gasteiger partial charge in [0.1, 0.15) is 11.9 Å². The first-order valence-corrected chi connectivity index (χ1v) is 13.2. The van der Waals surface area contributed by atoms with Gasteiger partial charge in [-0.2, -0.15) is 13.2 Å². The molecule has 2 aliphatic heterocycles. The number of likely N-dealkylation sites (N-methyl/N-ethyl adjacent to an activating group) is 1. The second kappa shape index (κ2) is 11.9. The van der Waals surface area contributed by atoms with Crippen molar-refractivity contribution in [1.29, 1.82) is 0 Å². The molecule has 2 fully saturated rings. The van der Waals surface area contributed by atoms with Gasteiger partial charge in [-0.1, -0.05) is 6.07 Å². The Balaban J connectivity index is 1.51. The summed E-state index contributed by atoms with van der Waals surface area (Å²) in [5.41, 5.74) is -1.79. The van der Waals surface area contributed by atoms with Crippen molar-refractivity contribution in [3.63, 3.8) is 0 Å². The number of carbonyl (C=O) groups is 1. The minimum absolute atomic E-state index is 0.121. The minimum atomic E-state index is -4.93. The van der Waals surface area contributed by atoms with Gasteiger partial charge in [0.25, 0.3) is 5.91 Å². The summed E-state index contributed by atoms with van der Waals surface area (Å²) in [6.45, 7) is 3.80. The van der Waals surface area contributed by atoms with Crippen LogP contribution in [-0.4, -0.2) is 73.3 Å². The third kappa shape index (κ3) is 6.68. The van der Waals surface area contributed by atoms with Crippen LogP contribution in [0.1, 0.15) is 28.8 Å². The van der Waals surface area contributed by atoms with Gasteiger partial charge in [0.15, 0.2) is 0 Å². The van der Waals surface area contributed by atoms with Crippen LogP contribution in [0.4, 0.5) is 28.9 Å². The first kappa shape index (κ1) is 28.6. The van der Waals surface area contributed by atoms with Crippen LogP contribution >= 0.6 is 0 Å². The zero-order valence-electron chi connectivity index (χ0n) is 22.3. The number of piperazine rings is 1. The van der Waals surface area contributed by atoms with Gasteiger partial charge in [-0.3, -0.25) is 9.59 Å². The van der Waals surface area contributed by atoms with E-state index in [0.717, 1.165) is 25.5 Å². The standard InChI is InChI=1S/C28H29F4N5O4/c1-36-6-8-37(9-7-36)24-3-2-17(19-13-26(34-16-22(19)29)41-18-4-10-40-11-5-18)12-23(24)35-27(39)20-15-33-25(38)14-21(20)28(30,31)32/h2-3,12-16,18H,4-11H2,1H3,(H,33,38)(H,35,39). The van der Waals surface area contributed by atoms with Crippen LogP contribution in [0.15, 0.2) is 47.5 Å². The van der Waals surface area contributed by atoms with E-state index in [4.69, 9.17) is 9.47 Å². The summed E-state index contributed by atoms with van der Waals surface area (Å²) in [6.07, 6.45) is -1.91. The number of pyridine rings is 2. The number of hydrogen-bond donors (Lipinski definition) is 2. The molecule has 9 nitrogen and oxygen atoms in total. The van der Waals surface area contributed by atoms with E-state index in [1.165, 1.54) is 12.1 Å². The van der Waals surface area contributed by atoms with E-state index < -0.39 is 34.6 Å². The van der Waals surface area contributed by atoms with Crippen molar-refractivity contribution in [3.05, 3.63) is 70.0 Å². The van der Waals surface area contributed by atoms with Gasteiger partial charge in [0.05, 0.1) is 41.9 Å². The highest BCUT2D eigenvalue weighted by Crippen LogP contribution is 2.36. The van der Waals surface area contributed by atoms with E-state index in [-0.39, 0.29) is 23.2 Å². The molecule has 2 aliphatic rings. The monoisotopic (exact) mass is 575 g/mol. The van der Waals surface area contributed by atoms with Gasteiger partial charge in [0, 0.05) is 62.9 Å². The Bertz CT molecular complexity index is 1460. The number of amides is 1. The molecule has 0 aliphatic carbocycles. The van der Waals surface area contributed by atoms with E-state index in [9.17, 15) is 22.8 Å². The van der Waals surface area contributed by atoms with E-state index in [0.29, 0.717) is 56.5 Å². The van der Waals surface area contributed by atoms with E-state index in [1.54, 1.807) is 12.1 Å². The smallest absolute Gasteiger partial charge is 0.417 e. The van der Waals surface area contributed by atoms with E-state index in [1.807, 2.05) is 11.9 Å². The first-order chi connectivity index (χ1) is 19.6. The van der Waals surface area contributed by atoms with Crippen LogP contribution in [0.3, 0.4) is 0 Å². The van der Waals surface area contributed by atoms with Gasteiger partial charge in [0.2, 0.25) is 11.4 Å². The number of H-pyrrole nitrogens is 1. The number of hydrogen-bond acceptors (Lipinski definition) is 7. The van der Waals surface area contributed by atoms with Crippen molar-refractivity contribution in [3.8, 4) is 17.0 Å². The lowest BCUT2D eigenvalue weighted by atomic mass is 10.0. The SMILES string of the molecule is CN1CCN(c2ccc(-c3cc(OC4CCOCC4)ncc3F)cc2NC(=O)c2c[nH]c(=O)cc2C(F)(F)F)CC1. The summed E-state index contributed by atoms with van der Waals surface area (Å²) in [5.74, 6) is -1.47. The number of halogens is 4. The van der Waals surface area contributed by atoms with Crippen LogP contribution in [0.2, 0.25) is 0 Å². The number of aromatic amines is 1. The molecule has 3 aromatic rings. The zero-order chi connectivity index (χ0) is 29.1. The Morgan fingerprint density at radius 3 is 2.56 bits per heavy atom. The first-order valence-electron chi connectivity index (χ1n) is 13.2. The number of rotatable bonds is 6. The summed E-state index contributed by atoms with van der Waals surface area (Å²) in [4.78, 5) is 35.1. The van der Waals surface area contributed by atoms with Crippen molar-refractivity contribution < 1.29 is 31.8 Å². The molecule has 2 saturated heterocycles. The molecule has 4 heterocycles. The Hall–Kier alpha value is -3.97. The number of alkyl halides is 3. The maximum atomic E-state index is 15.0. The number of aromatic nitrogens is 2. The van der Waals surface area contributed by atoms with Crippen molar-refractivity contribution in [2.45, 2.75) is 25.1 Å². The number of benzene rings is 1. The molecule has 2 N–H and O–H groups in total. The molecule has 0 bridgehead atoms. The van der Waals surface area contributed by atoms with E-state index >= 15 is 4.39 Å². The molecular formula is C28H29F4N5O4. The number of nitrogens with zero attached hydrogens (tertiary/aromatic N) is 3. The van der Waals surface area contributed by atoms with Crippen LogP contribution in [0.5, 0.6) is 5.88 Å². The van der Waals surface area contributed by atoms with Gasteiger partial charge in [-0.05, 0) is 24.7 Å². The number of carbonyl (C=O) groups excluding carboxylic acids is 1. The van der Waals surface area contributed by atoms with Crippen LogP contribution in [0, 0.1) is 5.82 Å². The van der Waals surface area contributed by atoms with Gasteiger partial charge >= 0.3 is 6.18 Å². The summed E-state index contributed by atoms with van der Waals surface area (Å²) < 4.78 is 67.3. The number of ether oxygens (including phenoxy) is 2. The third-order valence-electron chi connectivity index (χ3n) is 7.16. The van der Waals surface area contributed by atoms with Crippen LogP contribution in [0.25, 0.3) is 11.1 Å². The maximum Gasteiger partial charge on any atom is 0.417 e. The fraction of sp³-hybridized carbons (Fsp3) is 0.393. The molecule has 41 heavy (non-hydrogen) atoms. The highest BCUT2D eigenvalue weighted by molar-refractivity contribution is 6.07. The number of anilines is 2. The minimum Gasteiger partial charge on any atom is -0.474 e. The average Bonchev–Trinajstić information content (AvgIpc) is 2.94. The molecule has 13 heteroatoms. The Morgan fingerprint density at radius 1 is 1.12 bits per heavy atom. The molecule has 2 aromatic heterocycles. The summed E-state index contributed by atoms with van der Waals surface area (Å²) in [6, 6.07) is 6.71. The molecule has 0 atom stereocenters. The lowest BCUT2D eigenvalue weighted by Crippen LogP contribution is -2.44. The maximum absolute atomic E-state index is 15.0. The fourth-order valence-corrected chi connectivity index (χ4v) is 4.88. The Kier molecular flexibility index (Phi) is 8.27. The average molecular weight is 576 g/mol. The molecule has 0 unspecified atom stereocenters. The van der Waals surface area contributed by atoms with Crippen molar-refractivity contribution in [1.82, 2.24) is 14.9 Å². The van der Waals surface area contributed by atoms with Crippen molar-refractivity contribution in [2.75, 3.05) is 56.7 Å². The molecule has 218 valence electrons. The van der Waals surface area contributed by atoms with E-state index in [2.05, 4.69) is 20.2 Å². The topological polar surface area (TPSA) is 99.8 Å². The van der Waals surface area contributed by atoms with Crippen LogP contribution in [-0.2, 0) is 10.9 Å². The lowest BCUT2D eigenvalue weighted by Gasteiger charge is -2.35. The number of nitrogens with one attached hydrogen (secondary N) is 2. The molecule has 1 aromatic carbocycles. The lowest BCUT2D eigenvalue weighted by molar-refractivity contribution is -0.138. The predicted molar refractivity (Wildman–Crippen MR) is 144 cm³/mol. The third-order valence-corrected chi connectivity index (χ3v) is 7.16. The molecular weight excluding hydrogens is 546 g/mol. The van der Waals surface area contributed by atoms with Crippen LogP contribution < -0.4 is 20.5 Å². The predicted octanol–water partition coefficient (Wildman–Crippen LogP) is 4.16. The molecule has 0 spiro atoms. The van der Waals surface area contributed by atoms with Gasteiger partial charge in [-0.15, -0.1) is 0 Å². The molecule has 5 rings (SSSR count). The Morgan fingerprint density at radius 2 is 1.85 bits per heavy atom. The molecule has 0 saturated carbocycles. The van der Waals surface area contributed by atoms with Crippen molar-refractivity contribution in [2.24, 2.45) is 0 Å². The summed E-state index contributed by atoms with van der Waals surface area (Å²) in [5, 5.41) is 2.58. The summed E-state index contributed by atoms with van der Waals surface area (Å²) >= 11 is 0. The van der Waals surface area contributed by atoms with Gasteiger partial charge in [-0.25, -0.2) is 9.37 Å². The second-order valence-corrected chi connectivity index (χ2v) is 10.0. The Labute approximate surface area is 233 Å². The largest absolute Gasteiger partial charge is 0.474 e. The van der Waals surface area contributed by atoms with Gasteiger partial charge < -0.3 is 29.6 Å². The normalized spacial score (nSPS) is 17.0. The second-order valence-electron chi connectivity index (χ2n) is 10.0. The molecule has 0 radical (unpaired) electrons. The quantitative estimate of drug-likeness (QED) is 0.426. The highest BCUT2D eigenvalue weighted by atomic mass is 19.4. The zero-order valence-corrected chi connectivity index (χ0v) is 22.3. The summed E-state index contributed by atoms with van der Waals surface area (Å²) in [7, 11) is 1.98.